The minimum absolute atomic E-state index is 0.321. The largest absolute Gasteiger partial charge is 0.476 e. The van der Waals surface area contributed by atoms with Gasteiger partial charge in [-0.15, -0.1) is 11.3 Å². The van der Waals surface area contributed by atoms with Crippen molar-refractivity contribution >= 4 is 27.3 Å². The zero-order valence-corrected chi connectivity index (χ0v) is 9.90. The van der Waals surface area contributed by atoms with Gasteiger partial charge in [0.2, 0.25) is 0 Å². The second-order valence-corrected chi connectivity index (χ2v) is 5.69. The number of hydrogen-bond acceptors (Lipinski definition) is 5. The molecule has 0 fully saturated rings. The van der Waals surface area contributed by atoms with E-state index in [1.54, 1.807) is 12.1 Å². The van der Waals surface area contributed by atoms with Crippen molar-refractivity contribution in [3.05, 3.63) is 35.7 Å². The van der Waals surface area contributed by atoms with E-state index in [0.29, 0.717) is 0 Å². The van der Waals surface area contributed by atoms with Crippen LogP contribution in [0.15, 0.2) is 34.2 Å². The predicted octanol–water partition coefficient (Wildman–Crippen LogP) is 0.575. The molecule has 0 unspecified atom stereocenters. The lowest BCUT2D eigenvalue weighted by Gasteiger charge is -2.06. The zero-order chi connectivity index (χ0) is 12.5. The maximum Gasteiger partial charge on any atom is 0.356 e. The topological polar surface area (TPSA) is 101 Å². The molecule has 0 radical (unpaired) electrons. The summed E-state index contributed by atoms with van der Waals surface area (Å²) in [4.78, 5) is 16.5. The Balaban J connectivity index is 2.38. The first-order chi connectivity index (χ1) is 8.00. The van der Waals surface area contributed by atoms with E-state index in [4.69, 9.17) is 5.11 Å². The Kier molecular flexibility index (Phi) is 2.86. The van der Waals surface area contributed by atoms with Crippen LogP contribution in [-0.4, -0.2) is 29.2 Å². The van der Waals surface area contributed by atoms with Gasteiger partial charge in [0, 0.05) is 12.4 Å². The molecule has 0 aliphatic heterocycles. The lowest BCUT2D eigenvalue weighted by atomic mass is 10.5. The Hall–Kier alpha value is -1.87. The molecule has 2 rings (SSSR count). The number of nitrogens with zero attached hydrogens (tertiary/aromatic N) is 2. The number of carboxylic acids is 1. The lowest BCUT2D eigenvalue weighted by molar-refractivity contribution is 0.0687. The summed E-state index contributed by atoms with van der Waals surface area (Å²) in [6, 6.07) is 3.26. The molecule has 0 saturated carbocycles. The molecule has 90 valence electrons. The molecule has 0 aliphatic rings. The van der Waals surface area contributed by atoms with E-state index < -0.39 is 21.7 Å². The van der Waals surface area contributed by atoms with Crippen molar-refractivity contribution in [3.63, 3.8) is 0 Å². The predicted molar refractivity (Wildman–Crippen MR) is 60.1 cm³/mol. The van der Waals surface area contributed by atoms with Gasteiger partial charge in [-0.3, -0.25) is 4.68 Å². The third-order valence-corrected chi connectivity index (χ3v) is 4.51. The van der Waals surface area contributed by atoms with Crippen LogP contribution in [-0.2, 0) is 10.0 Å². The van der Waals surface area contributed by atoms with Gasteiger partial charge in [-0.2, -0.15) is 8.42 Å². The summed E-state index contributed by atoms with van der Waals surface area (Å²) >= 11 is 0.751. The van der Waals surface area contributed by atoms with Gasteiger partial charge in [0.25, 0.3) is 10.0 Å². The maximum absolute atomic E-state index is 11.9. The van der Waals surface area contributed by atoms with E-state index in [9.17, 15) is 13.2 Å². The Labute approximate surface area is 100 Å². The summed E-state index contributed by atoms with van der Waals surface area (Å²) in [7, 11) is -3.93. The quantitative estimate of drug-likeness (QED) is 0.848. The van der Waals surface area contributed by atoms with Crippen LogP contribution in [0, 0.1) is 0 Å². The monoisotopic (exact) mass is 273 g/mol. The van der Waals surface area contributed by atoms with Crippen LogP contribution in [0.5, 0.6) is 0 Å². The van der Waals surface area contributed by atoms with Gasteiger partial charge < -0.3 is 5.11 Å². The smallest absolute Gasteiger partial charge is 0.356 e. The number of aromatic nitrogens is 2. The first kappa shape index (κ1) is 11.6. The lowest BCUT2D eigenvalue weighted by Crippen LogP contribution is -2.22. The Morgan fingerprint density at radius 2 is 2.06 bits per heavy atom. The minimum Gasteiger partial charge on any atom is -0.476 e. The number of hydrogen-bond donors (Lipinski definition) is 2. The molecule has 0 saturated heterocycles. The van der Waals surface area contributed by atoms with Crippen LogP contribution in [0.1, 0.15) is 10.5 Å². The Bertz CT molecular complexity index is 630. The minimum atomic E-state index is -3.93. The SMILES string of the molecule is O=C(O)c1ncsc1S(=O)(=O)Nn1cccc1. The molecular weight excluding hydrogens is 266 g/mol. The van der Waals surface area contributed by atoms with Crippen LogP contribution in [0.25, 0.3) is 0 Å². The zero-order valence-electron chi connectivity index (χ0n) is 8.27. The number of aromatic carboxylic acids is 1. The van der Waals surface area contributed by atoms with Gasteiger partial charge in [-0.05, 0) is 12.1 Å². The van der Waals surface area contributed by atoms with E-state index >= 15 is 0 Å². The molecular formula is C8H7N3O4S2. The molecule has 17 heavy (non-hydrogen) atoms. The number of carboxylic acid groups (broad SMARTS) is 1. The van der Waals surface area contributed by atoms with Gasteiger partial charge in [-0.1, -0.05) is 0 Å². The molecule has 9 heteroatoms. The van der Waals surface area contributed by atoms with Crippen molar-refractivity contribution in [1.82, 2.24) is 9.66 Å². The fourth-order valence-corrected chi connectivity index (χ4v) is 3.27. The average molecular weight is 273 g/mol. The highest BCUT2D eigenvalue weighted by Crippen LogP contribution is 2.20. The van der Waals surface area contributed by atoms with Crippen molar-refractivity contribution < 1.29 is 18.3 Å². The third kappa shape index (κ3) is 2.29. The molecule has 0 spiro atoms. The first-order valence-corrected chi connectivity index (χ1v) is 6.69. The third-order valence-electron chi connectivity index (χ3n) is 1.81. The molecule has 2 heterocycles. The summed E-state index contributed by atoms with van der Waals surface area (Å²) in [5, 5.41) is 8.79. The van der Waals surface area contributed by atoms with Gasteiger partial charge in [0.05, 0.1) is 5.51 Å². The van der Waals surface area contributed by atoms with E-state index in [1.165, 1.54) is 22.6 Å². The molecule has 2 aromatic rings. The van der Waals surface area contributed by atoms with Crippen molar-refractivity contribution in [2.45, 2.75) is 4.21 Å². The number of carbonyl (C=O) groups is 1. The van der Waals surface area contributed by atoms with Crippen LogP contribution < -0.4 is 4.83 Å². The van der Waals surface area contributed by atoms with E-state index in [0.717, 1.165) is 11.3 Å². The average Bonchev–Trinajstić information content (AvgIpc) is 2.84. The van der Waals surface area contributed by atoms with Crippen molar-refractivity contribution in [1.29, 1.82) is 0 Å². The van der Waals surface area contributed by atoms with Gasteiger partial charge in [-0.25, -0.2) is 14.6 Å². The van der Waals surface area contributed by atoms with Gasteiger partial charge in [0.1, 0.15) is 0 Å². The summed E-state index contributed by atoms with van der Waals surface area (Å²) in [6.45, 7) is 0. The van der Waals surface area contributed by atoms with E-state index in [1.807, 2.05) is 0 Å². The molecule has 0 bridgehead atoms. The molecule has 7 nitrogen and oxygen atoms in total. The van der Waals surface area contributed by atoms with E-state index in [-0.39, 0.29) is 4.21 Å². The molecule has 2 aromatic heterocycles. The normalized spacial score (nSPS) is 11.3. The fourth-order valence-electron chi connectivity index (χ4n) is 1.14. The number of rotatable bonds is 4. The van der Waals surface area contributed by atoms with Gasteiger partial charge >= 0.3 is 5.97 Å². The van der Waals surface area contributed by atoms with Crippen molar-refractivity contribution in [2.75, 3.05) is 4.83 Å². The maximum atomic E-state index is 11.9. The second kappa shape index (κ2) is 4.18. The molecule has 2 N–H and O–H groups in total. The highest BCUT2D eigenvalue weighted by Gasteiger charge is 2.25. The van der Waals surface area contributed by atoms with Crippen LogP contribution in [0.4, 0.5) is 0 Å². The highest BCUT2D eigenvalue weighted by atomic mass is 32.2. The van der Waals surface area contributed by atoms with E-state index in [2.05, 4.69) is 9.82 Å². The van der Waals surface area contributed by atoms with Crippen LogP contribution in [0.2, 0.25) is 0 Å². The molecule has 0 aromatic carbocycles. The Morgan fingerprint density at radius 3 is 2.65 bits per heavy atom. The van der Waals surface area contributed by atoms with Crippen molar-refractivity contribution in [2.24, 2.45) is 0 Å². The first-order valence-electron chi connectivity index (χ1n) is 4.33. The highest BCUT2D eigenvalue weighted by molar-refractivity contribution is 7.94. The van der Waals surface area contributed by atoms with Crippen LogP contribution >= 0.6 is 11.3 Å². The van der Waals surface area contributed by atoms with Crippen molar-refractivity contribution in [3.8, 4) is 0 Å². The molecule has 0 atom stereocenters. The summed E-state index contributed by atoms with van der Waals surface area (Å²) in [5.74, 6) is -1.38. The van der Waals surface area contributed by atoms with Gasteiger partial charge in [0.15, 0.2) is 9.90 Å². The summed E-state index contributed by atoms with van der Waals surface area (Å²) in [6.07, 6.45) is 2.97. The second-order valence-electron chi connectivity index (χ2n) is 2.98. The summed E-state index contributed by atoms with van der Waals surface area (Å²) < 4.78 is 24.6. The number of sulfonamides is 1. The fraction of sp³-hybridized carbons (Fsp3) is 0. The number of nitrogens with one attached hydrogen (secondary N) is 1. The standard InChI is InChI=1S/C8H7N3O4S2/c12-7(13)6-8(16-5-9-6)17(14,15)10-11-3-1-2-4-11/h1-5,10H,(H,12,13). The number of thiazole rings is 1. The summed E-state index contributed by atoms with van der Waals surface area (Å²) in [5.41, 5.74) is 0.697. The molecule has 0 amide bonds. The Morgan fingerprint density at radius 1 is 1.41 bits per heavy atom. The molecule has 0 aliphatic carbocycles. The van der Waals surface area contributed by atoms with Crippen LogP contribution in [0.3, 0.4) is 0 Å².